The molecular formula is C15H27NS. The lowest BCUT2D eigenvalue weighted by Crippen LogP contribution is -2.18. The lowest BCUT2D eigenvalue weighted by molar-refractivity contribution is 0.534. The fraction of sp³-hybridized carbons (Fsp3) is 0.733. The minimum atomic E-state index is 0.382. The van der Waals surface area contributed by atoms with Crippen LogP contribution in [0.3, 0.4) is 0 Å². The van der Waals surface area contributed by atoms with Gasteiger partial charge in [0.1, 0.15) is 0 Å². The quantitative estimate of drug-likeness (QED) is 0.757. The molecule has 0 aliphatic rings. The van der Waals surface area contributed by atoms with Gasteiger partial charge in [0.25, 0.3) is 0 Å². The molecule has 2 heteroatoms. The molecular weight excluding hydrogens is 226 g/mol. The van der Waals surface area contributed by atoms with E-state index in [1.54, 1.807) is 0 Å². The lowest BCUT2D eigenvalue weighted by Gasteiger charge is -2.12. The van der Waals surface area contributed by atoms with Gasteiger partial charge in [-0.3, -0.25) is 0 Å². The van der Waals surface area contributed by atoms with Crippen LogP contribution >= 0.6 is 11.3 Å². The van der Waals surface area contributed by atoms with Crippen LogP contribution in [0.1, 0.15) is 62.6 Å². The van der Waals surface area contributed by atoms with Crippen LogP contribution < -0.4 is 5.73 Å². The van der Waals surface area contributed by atoms with Crippen molar-refractivity contribution in [3.63, 3.8) is 0 Å². The Hall–Kier alpha value is -0.340. The first-order chi connectivity index (χ1) is 8.02. The Kier molecular flexibility index (Phi) is 6.21. The topological polar surface area (TPSA) is 26.0 Å². The first kappa shape index (κ1) is 14.7. The van der Waals surface area contributed by atoms with Crippen LogP contribution in [0.5, 0.6) is 0 Å². The molecule has 1 rings (SSSR count). The van der Waals surface area contributed by atoms with E-state index in [9.17, 15) is 0 Å². The molecule has 1 aromatic heterocycles. The SMILES string of the molecule is CCC(N)CCC(C)c1ccc(CC(C)C)s1. The van der Waals surface area contributed by atoms with Crippen LogP contribution in [0.2, 0.25) is 0 Å². The van der Waals surface area contributed by atoms with Gasteiger partial charge in [0.05, 0.1) is 0 Å². The van der Waals surface area contributed by atoms with Crippen LogP contribution in [0.4, 0.5) is 0 Å². The van der Waals surface area contributed by atoms with Crippen molar-refractivity contribution >= 4 is 11.3 Å². The van der Waals surface area contributed by atoms with Gasteiger partial charge in [0.15, 0.2) is 0 Å². The summed E-state index contributed by atoms with van der Waals surface area (Å²) in [6.45, 7) is 9.06. The van der Waals surface area contributed by atoms with Gasteiger partial charge in [-0.15, -0.1) is 11.3 Å². The molecule has 0 saturated carbocycles. The fourth-order valence-electron chi connectivity index (χ4n) is 1.98. The van der Waals surface area contributed by atoms with E-state index in [0.29, 0.717) is 12.0 Å². The summed E-state index contributed by atoms with van der Waals surface area (Å²) < 4.78 is 0. The third-order valence-electron chi connectivity index (χ3n) is 3.27. The van der Waals surface area contributed by atoms with Crippen LogP contribution in [-0.2, 0) is 6.42 Å². The summed E-state index contributed by atoms with van der Waals surface area (Å²) in [5.41, 5.74) is 5.97. The number of thiophene rings is 1. The van der Waals surface area contributed by atoms with Crippen molar-refractivity contribution in [3.8, 4) is 0 Å². The second kappa shape index (κ2) is 7.17. The lowest BCUT2D eigenvalue weighted by atomic mass is 9.99. The maximum atomic E-state index is 5.97. The highest BCUT2D eigenvalue weighted by molar-refractivity contribution is 7.12. The summed E-state index contributed by atoms with van der Waals surface area (Å²) in [5.74, 6) is 1.42. The molecule has 0 bridgehead atoms. The van der Waals surface area contributed by atoms with Gasteiger partial charge in [0.2, 0.25) is 0 Å². The number of rotatable bonds is 7. The van der Waals surface area contributed by atoms with Crippen molar-refractivity contribution in [1.82, 2.24) is 0 Å². The van der Waals surface area contributed by atoms with Crippen LogP contribution in [0, 0.1) is 5.92 Å². The molecule has 1 aromatic rings. The molecule has 1 heterocycles. The van der Waals surface area contributed by atoms with Gasteiger partial charge >= 0.3 is 0 Å². The van der Waals surface area contributed by atoms with E-state index in [1.165, 1.54) is 22.6 Å². The Bertz CT molecular complexity index is 316. The minimum absolute atomic E-state index is 0.382. The molecule has 17 heavy (non-hydrogen) atoms. The summed E-state index contributed by atoms with van der Waals surface area (Å²) in [7, 11) is 0. The first-order valence-electron chi connectivity index (χ1n) is 6.87. The van der Waals surface area contributed by atoms with Gasteiger partial charge in [-0.25, -0.2) is 0 Å². The Balaban J connectivity index is 2.46. The first-order valence-corrected chi connectivity index (χ1v) is 7.68. The molecule has 0 spiro atoms. The zero-order valence-corrected chi connectivity index (χ0v) is 12.5. The summed E-state index contributed by atoms with van der Waals surface area (Å²) in [4.78, 5) is 3.06. The van der Waals surface area contributed by atoms with Gasteiger partial charge < -0.3 is 5.73 Å². The molecule has 0 fully saturated rings. The zero-order valence-electron chi connectivity index (χ0n) is 11.7. The summed E-state index contributed by atoms with van der Waals surface area (Å²) in [5, 5.41) is 0. The van der Waals surface area contributed by atoms with E-state index >= 15 is 0 Å². The Labute approximate surface area is 110 Å². The van der Waals surface area contributed by atoms with Crippen LogP contribution in [0.25, 0.3) is 0 Å². The zero-order chi connectivity index (χ0) is 12.8. The van der Waals surface area contributed by atoms with Crippen molar-refractivity contribution in [1.29, 1.82) is 0 Å². The van der Waals surface area contributed by atoms with Crippen molar-refractivity contribution in [2.45, 2.75) is 65.3 Å². The van der Waals surface area contributed by atoms with E-state index in [4.69, 9.17) is 5.73 Å². The molecule has 0 saturated heterocycles. The fourth-order valence-corrected chi connectivity index (χ4v) is 3.29. The Morgan fingerprint density at radius 2 is 1.88 bits per heavy atom. The molecule has 0 amide bonds. The molecule has 2 atom stereocenters. The smallest absolute Gasteiger partial charge is 0.00763 e. The second-order valence-electron chi connectivity index (χ2n) is 5.55. The normalized spacial score (nSPS) is 15.2. The number of hydrogen-bond donors (Lipinski definition) is 1. The minimum Gasteiger partial charge on any atom is -0.328 e. The van der Waals surface area contributed by atoms with Crippen molar-refractivity contribution in [3.05, 3.63) is 21.9 Å². The third kappa shape index (κ3) is 5.22. The Morgan fingerprint density at radius 3 is 2.47 bits per heavy atom. The monoisotopic (exact) mass is 253 g/mol. The van der Waals surface area contributed by atoms with E-state index in [-0.39, 0.29) is 0 Å². The van der Waals surface area contributed by atoms with Crippen LogP contribution in [0.15, 0.2) is 12.1 Å². The second-order valence-corrected chi connectivity index (χ2v) is 6.75. The molecule has 1 nitrogen and oxygen atoms in total. The third-order valence-corrected chi connectivity index (χ3v) is 4.61. The van der Waals surface area contributed by atoms with Crippen molar-refractivity contribution < 1.29 is 0 Å². The standard InChI is InChI=1S/C15H27NS/c1-5-13(16)7-6-12(4)15-9-8-14(17-15)10-11(2)3/h8-9,11-13H,5-7,10,16H2,1-4H3. The molecule has 98 valence electrons. The molecule has 0 aliphatic carbocycles. The highest BCUT2D eigenvalue weighted by Gasteiger charge is 2.11. The predicted octanol–water partition coefficient (Wildman–Crippen LogP) is 4.57. The van der Waals surface area contributed by atoms with Gasteiger partial charge in [-0.05, 0) is 49.7 Å². The van der Waals surface area contributed by atoms with Crippen LogP contribution in [-0.4, -0.2) is 6.04 Å². The predicted molar refractivity (Wildman–Crippen MR) is 78.8 cm³/mol. The average Bonchev–Trinajstić information content (AvgIpc) is 2.72. The number of nitrogens with two attached hydrogens (primary N) is 1. The summed E-state index contributed by atoms with van der Waals surface area (Å²) in [6.07, 6.45) is 4.67. The number of hydrogen-bond acceptors (Lipinski definition) is 2. The molecule has 0 aliphatic heterocycles. The molecule has 2 unspecified atom stereocenters. The van der Waals surface area contributed by atoms with Gasteiger partial charge in [-0.1, -0.05) is 27.7 Å². The van der Waals surface area contributed by atoms with Gasteiger partial charge in [0, 0.05) is 15.8 Å². The van der Waals surface area contributed by atoms with Crippen molar-refractivity contribution in [2.75, 3.05) is 0 Å². The summed E-state index contributed by atoms with van der Waals surface area (Å²) in [6, 6.07) is 4.99. The van der Waals surface area contributed by atoms with Crippen molar-refractivity contribution in [2.24, 2.45) is 11.7 Å². The van der Waals surface area contributed by atoms with E-state index in [1.807, 2.05) is 11.3 Å². The maximum Gasteiger partial charge on any atom is 0.00763 e. The largest absolute Gasteiger partial charge is 0.328 e. The Morgan fingerprint density at radius 1 is 1.18 bits per heavy atom. The van der Waals surface area contributed by atoms with E-state index in [2.05, 4.69) is 39.8 Å². The van der Waals surface area contributed by atoms with Gasteiger partial charge in [-0.2, -0.15) is 0 Å². The molecule has 0 aromatic carbocycles. The average molecular weight is 253 g/mol. The summed E-state index contributed by atoms with van der Waals surface area (Å²) >= 11 is 1.99. The van der Waals surface area contributed by atoms with E-state index < -0.39 is 0 Å². The molecule has 2 N–H and O–H groups in total. The highest BCUT2D eigenvalue weighted by atomic mass is 32.1. The maximum absolute atomic E-state index is 5.97. The highest BCUT2D eigenvalue weighted by Crippen LogP contribution is 2.29. The van der Waals surface area contributed by atoms with E-state index in [0.717, 1.165) is 18.8 Å². The molecule has 0 radical (unpaired) electrons.